The molecule has 0 aromatic heterocycles. The molecule has 3 rings (SSSR count). The second-order valence-electron chi connectivity index (χ2n) is 6.02. The first-order valence-electron chi connectivity index (χ1n) is 8.04. The van der Waals surface area contributed by atoms with Gasteiger partial charge in [-0.3, -0.25) is 4.79 Å². The average Bonchev–Trinajstić information content (AvgIpc) is 2.66. The smallest absolute Gasteiger partial charge is 0.268 e. The molecule has 0 radical (unpaired) electrons. The van der Waals surface area contributed by atoms with E-state index in [-0.39, 0.29) is 34.1 Å². The zero-order chi connectivity index (χ0) is 20.7. The molecule has 0 atom stereocenters. The third-order valence-corrected chi connectivity index (χ3v) is 7.08. The minimum absolute atomic E-state index is 0.0435. The van der Waals surface area contributed by atoms with Crippen LogP contribution in [0.2, 0.25) is 0 Å². The lowest BCUT2D eigenvalue weighted by Crippen LogP contribution is -2.42. The third-order valence-electron chi connectivity index (χ3n) is 4.37. The molecule has 11 heteroatoms. The Balaban J connectivity index is 2.07. The molecule has 0 saturated heterocycles. The number of hydrogen-bond acceptors (Lipinski definition) is 7. The maximum atomic E-state index is 13.0. The summed E-state index contributed by atoms with van der Waals surface area (Å²) in [6.45, 7) is -0.137. The van der Waals surface area contributed by atoms with Crippen molar-refractivity contribution in [3.8, 4) is 11.5 Å². The van der Waals surface area contributed by atoms with E-state index in [2.05, 4.69) is 0 Å². The number of sulfonamides is 2. The summed E-state index contributed by atoms with van der Waals surface area (Å²) in [6.07, 6.45) is 0.136. The molecule has 0 fully saturated rings. The van der Waals surface area contributed by atoms with E-state index >= 15 is 0 Å². The van der Waals surface area contributed by atoms with E-state index in [1.54, 1.807) is 6.07 Å². The molecule has 0 bridgehead atoms. The molecule has 1 aliphatic rings. The van der Waals surface area contributed by atoms with Crippen molar-refractivity contribution in [3.63, 3.8) is 0 Å². The molecule has 0 spiro atoms. The van der Waals surface area contributed by atoms with E-state index in [1.807, 2.05) is 0 Å². The average molecular weight is 426 g/mol. The van der Waals surface area contributed by atoms with Crippen molar-refractivity contribution in [3.05, 3.63) is 47.5 Å². The van der Waals surface area contributed by atoms with Crippen LogP contribution in [0.1, 0.15) is 15.9 Å². The topological polar surface area (TPSA) is 133 Å². The van der Waals surface area contributed by atoms with Crippen LogP contribution < -0.4 is 14.6 Å². The fourth-order valence-electron chi connectivity index (χ4n) is 2.97. The second-order valence-corrected chi connectivity index (χ2v) is 9.41. The third kappa shape index (κ3) is 3.43. The highest BCUT2D eigenvalue weighted by Crippen LogP contribution is 2.32. The van der Waals surface area contributed by atoms with Gasteiger partial charge in [0, 0.05) is 18.2 Å². The normalized spacial score (nSPS) is 14.5. The fraction of sp³-hybridized carbons (Fsp3) is 0.235. The first-order chi connectivity index (χ1) is 13.1. The van der Waals surface area contributed by atoms with Crippen LogP contribution in [0.15, 0.2) is 46.2 Å². The Morgan fingerprint density at radius 1 is 1.04 bits per heavy atom. The maximum Gasteiger partial charge on any atom is 0.268 e. The van der Waals surface area contributed by atoms with Crippen LogP contribution in [-0.4, -0.2) is 47.8 Å². The highest BCUT2D eigenvalue weighted by molar-refractivity contribution is 7.89. The number of fused-ring (bicyclic) bond motifs is 1. The first kappa shape index (κ1) is 20.1. The van der Waals surface area contributed by atoms with E-state index in [1.165, 1.54) is 44.6 Å². The quantitative estimate of drug-likeness (QED) is 0.745. The van der Waals surface area contributed by atoms with Gasteiger partial charge < -0.3 is 9.47 Å². The lowest BCUT2D eigenvalue weighted by atomic mass is 10.00. The molecule has 2 N–H and O–H groups in total. The minimum atomic E-state index is -4.12. The number of benzene rings is 2. The van der Waals surface area contributed by atoms with E-state index in [0.29, 0.717) is 11.3 Å². The van der Waals surface area contributed by atoms with Gasteiger partial charge in [-0.15, -0.1) is 0 Å². The van der Waals surface area contributed by atoms with Crippen molar-refractivity contribution < 1.29 is 31.1 Å². The van der Waals surface area contributed by atoms with Gasteiger partial charge in [0.25, 0.3) is 15.9 Å². The summed E-state index contributed by atoms with van der Waals surface area (Å²) >= 11 is 0. The van der Waals surface area contributed by atoms with Gasteiger partial charge in [0.05, 0.1) is 19.1 Å². The Bertz CT molecular complexity index is 1160. The van der Waals surface area contributed by atoms with Crippen LogP contribution in [0.4, 0.5) is 0 Å². The Kier molecular flexibility index (Phi) is 5.08. The number of carbonyl (C=O) groups excluding carboxylic acids is 1. The summed E-state index contributed by atoms with van der Waals surface area (Å²) in [5.74, 6) is -0.566. The van der Waals surface area contributed by atoms with Gasteiger partial charge in [-0.25, -0.2) is 26.3 Å². The molecule has 1 aliphatic heterocycles. The predicted molar refractivity (Wildman–Crippen MR) is 99.3 cm³/mol. The van der Waals surface area contributed by atoms with Gasteiger partial charge in [0.15, 0.2) is 0 Å². The lowest BCUT2D eigenvalue weighted by Gasteiger charge is -2.28. The molecule has 1 amide bonds. The Morgan fingerprint density at radius 2 is 1.75 bits per heavy atom. The monoisotopic (exact) mass is 426 g/mol. The number of hydrogen-bond donors (Lipinski definition) is 1. The zero-order valence-corrected chi connectivity index (χ0v) is 16.7. The number of nitrogens with zero attached hydrogens (tertiary/aromatic N) is 1. The first-order valence-corrected chi connectivity index (χ1v) is 11.0. The van der Waals surface area contributed by atoms with Gasteiger partial charge in [0.1, 0.15) is 16.4 Å². The zero-order valence-electron chi connectivity index (χ0n) is 15.1. The van der Waals surface area contributed by atoms with Crippen LogP contribution >= 0.6 is 0 Å². The van der Waals surface area contributed by atoms with Gasteiger partial charge in [-0.05, 0) is 36.2 Å². The lowest BCUT2D eigenvalue weighted by molar-refractivity contribution is 0.0849. The van der Waals surface area contributed by atoms with Crippen LogP contribution in [0, 0.1) is 0 Å². The Labute approximate surface area is 162 Å². The molecule has 28 heavy (non-hydrogen) atoms. The van der Waals surface area contributed by atoms with E-state index < -0.39 is 26.0 Å². The molecular weight excluding hydrogens is 408 g/mol. The van der Waals surface area contributed by atoms with Crippen molar-refractivity contribution in [2.75, 3.05) is 20.8 Å². The van der Waals surface area contributed by atoms with Crippen LogP contribution in [0.5, 0.6) is 11.5 Å². The number of primary sulfonamides is 1. The maximum absolute atomic E-state index is 13.0. The standard InChI is InChI=1S/C17H18N2O7S2/c1-25-12-4-3-5-13(9-12)28(23,24)19-7-6-11-8-16(27(18,21)22)15(26-2)10-14(11)17(19)20/h3-5,8-10H,6-7H2,1-2H3,(H2,18,21,22). The van der Waals surface area contributed by atoms with Crippen molar-refractivity contribution >= 4 is 26.0 Å². The number of ether oxygens (including phenoxy) is 2. The molecule has 2 aromatic rings. The van der Waals surface area contributed by atoms with E-state index in [9.17, 15) is 21.6 Å². The number of carbonyl (C=O) groups is 1. The van der Waals surface area contributed by atoms with Gasteiger partial charge >= 0.3 is 0 Å². The molecule has 0 unspecified atom stereocenters. The largest absolute Gasteiger partial charge is 0.497 e. The molecule has 2 aromatic carbocycles. The van der Waals surface area contributed by atoms with Crippen LogP contribution in [-0.2, 0) is 26.5 Å². The summed E-state index contributed by atoms with van der Waals surface area (Å²) in [7, 11) is -5.56. The van der Waals surface area contributed by atoms with Crippen molar-refractivity contribution in [1.29, 1.82) is 0 Å². The molecule has 0 saturated carbocycles. The highest BCUT2D eigenvalue weighted by atomic mass is 32.2. The second kappa shape index (κ2) is 7.08. The van der Waals surface area contributed by atoms with Gasteiger partial charge in [-0.2, -0.15) is 0 Å². The summed E-state index contributed by atoms with van der Waals surface area (Å²) in [6, 6.07) is 8.23. The number of rotatable bonds is 5. The van der Waals surface area contributed by atoms with Crippen molar-refractivity contribution in [2.24, 2.45) is 5.14 Å². The SMILES string of the molecule is COc1cccc(S(=O)(=O)N2CCc3cc(S(N)(=O)=O)c(OC)cc3C2=O)c1. The molecular formula is C17H18N2O7S2. The molecule has 1 heterocycles. The van der Waals surface area contributed by atoms with Crippen LogP contribution in [0.25, 0.3) is 0 Å². The van der Waals surface area contributed by atoms with Crippen molar-refractivity contribution in [1.82, 2.24) is 4.31 Å². The van der Waals surface area contributed by atoms with Gasteiger partial charge in [0.2, 0.25) is 10.0 Å². The van der Waals surface area contributed by atoms with Gasteiger partial charge in [-0.1, -0.05) is 6.07 Å². The Hall–Kier alpha value is -2.63. The fourth-order valence-corrected chi connectivity index (χ4v) is 5.11. The molecule has 9 nitrogen and oxygen atoms in total. The summed E-state index contributed by atoms with van der Waals surface area (Å²) in [4.78, 5) is 12.6. The molecule has 0 aliphatic carbocycles. The predicted octanol–water partition coefficient (Wildman–Crippen LogP) is 0.738. The summed E-state index contributed by atoms with van der Waals surface area (Å²) in [5.41, 5.74) is 0.425. The number of methoxy groups -OCH3 is 2. The van der Waals surface area contributed by atoms with Crippen LogP contribution in [0.3, 0.4) is 0 Å². The van der Waals surface area contributed by atoms with E-state index in [0.717, 1.165) is 4.31 Å². The van der Waals surface area contributed by atoms with E-state index in [4.69, 9.17) is 14.6 Å². The number of amides is 1. The Morgan fingerprint density at radius 3 is 2.36 bits per heavy atom. The summed E-state index contributed by atoms with van der Waals surface area (Å²) in [5, 5.41) is 5.19. The summed E-state index contributed by atoms with van der Waals surface area (Å²) < 4.78 is 60.2. The highest BCUT2D eigenvalue weighted by Gasteiger charge is 2.36. The number of nitrogens with two attached hydrogens (primary N) is 1. The van der Waals surface area contributed by atoms with Crippen molar-refractivity contribution in [2.45, 2.75) is 16.2 Å². The minimum Gasteiger partial charge on any atom is -0.497 e. The molecule has 150 valence electrons.